The number of nitrogens with zero attached hydrogens (tertiary/aromatic N) is 2. The van der Waals surface area contributed by atoms with E-state index in [-0.39, 0.29) is 0 Å². The lowest BCUT2D eigenvalue weighted by Crippen LogP contribution is -2.17. The summed E-state index contributed by atoms with van der Waals surface area (Å²) in [5, 5.41) is 7.37. The van der Waals surface area contributed by atoms with Crippen molar-refractivity contribution in [3.63, 3.8) is 0 Å². The molecule has 0 saturated heterocycles. The second kappa shape index (κ2) is 10.7. The lowest BCUT2D eigenvalue weighted by Gasteiger charge is -2.34. The van der Waals surface area contributed by atoms with Gasteiger partial charge in [0.25, 0.3) is 0 Å². The highest BCUT2D eigenvalue weighted by Crippen LogP contribution is 2.53. The van der Waals surface area contributed by atoms with Gasteiger partial charge < -0.3 is 14.5 Å². The Kier molecular flexibility index (Phi) is 6.05. The molecule has 1 aliphatic rings. The van der Waals surface area contributed by atoms with E-state index in [2.05, 4.69) is 174 Å². The van der Waals surface area contributed by atoms with Crippen LogP contribution in [0.5, 0.6) is 11.5 Å². The Morgan fingerprint density at radius 3 is 1.81 bits per heavy atom. The van der Waals surface area contributed by atoms with E-state index in [0.29, 0.717) is 0 Å². The number of hydrogen-bond acceptors (Lipinski definition) is 4. The van der Waals surface area contributed by atoms with Gasteiger partial charge in [-0.3, -0.25) is 0 Å². The van der Waals surface area contributed by atoms with Crippen molar-refractivity contribution in [3.05, 3.63) is 170 Å². The molecule has 8 aromatic carbocycles. The molecule has 4 heteroatoms. The predicted molar refractivity (Wildman–Crippen MR) is 204 cm³/mol. The second-order valence-electron chi connectivity index (χ2n) is 12.2. The van der Waals surface area contributed by atoms with Gasteiger partial charge in [0.1, 0.15) is 0 Å². The Morgan fingerprint density at radius 1 is 0.438 bits per heavy atom. The predicted octanol–water partition coefficient (Wildman–Crippen LogP) is 13.4. The summed E-state index contributed by atoms with van der Waals surface area (Å²) in [6.45, 7) is 0. The first-order chi connectivity index (χ1) is 23.8. The van der Waals surface area contributed by atoms with Crippen molar-refractivity contribution in [3.8, 4) is 11.5 Å². The fraction of sp³-hybridized carbons (Fsp3) is 0. The molecular weight excluding hydrogens is 605 g/mol. The van der Waals surface area contributed by atoms with Crippen molar-refractivity contribution < 1.29 is 4.74 Å². The van der Waals surface area contributed by atoms with Gasteiger partial charge in [0.05, 0.1) is 28.4 Å². The number of fused-ring (bicyclic) bond motifs is 7. The molecule has 9 aromatic rings. The zero-order valence-corrected chi connectivity index (χ0v) is 26.7. The summed E-state index contributed by atoms with van der Waals surface area (Å²) < 4.78 is 9.31. The van der Waals surface area contributed by atoms with Crippen molar-refractivity contribution in [1.29, 1.82) is 0 Å². The highest BCUT2D eigenvalue weighted by molar-refractivity contribution is 7.25. The zero-order valence-electron chi connectivity index (χ0n) is 25.9. The van der Waals surface area contributed by atoms with Crippen LogP contribution in [0, 0.1) is 0 Å². The summed E-state index contributed by atoms with van der Waals surface area (Å²) in [5.74, 6) is 1.65. The topological polar surface area (TPSA) is 15.7 Å². The molecule has 3 nitrogen and oxygen atoms in total. The van der Waals surface area contributed by atoms with Crippen LogP contribution in [0.1, 0.15) is 0 Å². The van der Waals surface area contributed by atoms with E-state index in [1.807, 2.05) is 17.4 Å². The number of thiophene rings is 1. The van der Waals surface area contributed by atoms with Gasteiger partial charge in [0.15, 0.2) is 11.5 Å². The standard InChI is InChI=1S/C44H28N2OS/c1-3-15-33-29(11-1)13-9-19-37(33)45(38-20-10-14-30-12-2-4-16-34(30)38)31-24-26-40-42(27-31)47-41-21-7-6-18-39(41)46(40)32-23-25-36-35-17-5-8-22-43(35)48-44(36)28-32/h1-28H. The molecule has 0 amide bonds. The Morgan fingerprint density at radius 2 is 1.04 bits per heavy atom. The van der Waals surface area contributed by atoms with E-state index in [9.17, 15) is 0 Å². The van der Waals surface area contributed by atoms with Gasteiger partial charge in [-0.1, -0.05) is 109 Å². The molecule has 226 valence electrons. The molecule has 0 unspecified atom stereocenters. The van der Waals surface area contributed by atoms with Crippen LogP contribution in [0.15, 0.2) is 170 Å². The van der Waals surface area contributed by atoms with Crippen LogP contribution in [-0.2, 0) is 0 Å². The summed E-state index contributed by atoms with van der Waals surface area (Å²) in [6.07, 6.45) is 0. The molecule has 0 aliphatic carbocycles. The molecule has 0 bridgehead atoms. The maximum absolute atomic E-state index is 6.74. The lowest BCUT2D eigenvalue weighted by atomic mass is 10.0. The maximum Gasteiger partial charge on any atom is 0.153 e. The quantitative estimate of drug-likeness (QED) is 0.192. The maximum atomic E-state index is 6.74. The number of benzene rings is 8. The molecule has 0 spiro atoms. The smallest absolute Gasteiger partial charge is 0.153 e. The van der Waals surface area contributed by atoms with Crippen LogP contribution in [0.25, 0.3) is 41.7 Å². The molecule has 0 atom stereocenters. The molecule has 10 rings (SSSR count). The minimum Gasteiger partial charge on any atom is -0.453 e. The van der Waals surface area contributed by atoms with Crippen molar-refractivity contribution in [1.82, 2.24) is 0 Å². The van der Waals surface area contributed by atoms with Gasteiger partial charge >= 0.3 is 0 Å². The van der Waals surface area contributed by atoms with Crippen molar-refractivity contribution in [2.75, 3.05) is 9.80 Å². The van der Waals surface area contributed by atoms with Crippen LogP contribution in [0.4, 0.5) is 34.1 Å². The third-order valence-electron chi connectivity index (χ3n) is 9.40. The Hall–Kier alpha value is -6.10. The number of para-hydroxylation sites is 2. The first-order valence-electron chi connectivity index (χ1n) is 16.2. The Bertz CT molecular complexity index is 2600. The van der Waals surface area contributed by atoms with Crippen molar-refractivity contribution in [2.45, 2.75) is 0 Å². The summed E-state index contributed by atoms with van der Waals surface area (Å²) >= 11 is 1.84. The molecule has 48 heavy (non-hydrogen) atoms. The van der Waals surface area contributed by atoms with Crippen LogP contribution < -0.4 is 14.5 Å². The van der Waals surface area contributed by atoms with Gasteiger partial charge in [-0.05, 0) is 65.4 Å². The van der Waals surface area contributed by atoms with Crippen molar-refractivity contribution in [2.24, 2.45) is 0 Å². The zero-order chi connectivity index (χ0) is 31.6. The first kappa shape index (κ1) is 27.1. The number of hydrogen-bond donors (Lipinski definition) is 0. The van der Waals surface area contributed by atoms with E-state index in [1.54, 1.807) is 0 Å². The first-order valence-corrected chi connectivity index (χ1v) is 17.0. The summed E-state index contributed by atoms with van der Waals surface area (Å²) in [5.41, 5.74) is 6.41. The van der Waals surface area contributed by atoms with Gasteiger partial charge in [-0.15, -0.1) is 11.3 Å². The molecule has 0 N–H and O–H groups in total. The number of rotatable bonds is 4. The molecular formula is C44H28N2OS. The van der Waals surface area contributed by atoms with Crippen LogP contribution in [0.3, 0.4) is 0 Å². The third-order valence-corrected chi connectivity index (χ3v) is 10.5. The molecule has 2 heterocycles. The van der Waals surface area contributed by atoms with Crippen molar-refractivity contribution >= 4 is 87.2 Å². The average Bonchev–Trinajstić information content (AvgIpc) is 3.52. The summed E-state index contributed by atoms with van der Waals surface area (Å²) in [4.78, 5) is 4.71. The lowest BCUT2D eigenvalue weighted by molar-refractivity contribution is 0.477. The fourth-order valence-corrected chi connectivity index (χ4v) is 8.37. The van der Waals surface area contributed by atoms with E-state index in [0.717, 1.165) is 45.6 Å². The van der Waals surface area contributed by atoms with Gasteiger partial charge in [-0.25, -0.2) is 0 Å². The van der Waals surface area contributed by atoms with Crippen LogP contribution in [-0.4, -0.2) is 0 Å². The summed E-state index contributed by atoms with van der Waals surface area (Å²) in [7, 11) is 0. The van der Waals surface area contributed by atoms with Gasteiger partial charge in [0.2, 0.25) is 0 Å². The second-order valence-corrected chi connectivity index (χ2v) is 13.3. The Balaban J connectivity index is 1.18. The fourth-order valence-electron chi connectivity index (χ4n) is 7.23. The number of anilines is 6. The molecule has 1 aromatic heterocycles. The monoisotopic (exact) mass is 632 g/mol. The van der Waals surface area contributed by atoms with E-state index in [4.69, 9.17) is 4.74 Å². The number of ether oxygens (including phenoxy) is 1. The minimum absolute atomic E-state index is 0.813. The van der Waals surface area contributed by atoms with Crippen LogP contribution in [0.2, 0.25) is 0 Å². The highest BCUT2D eigenvalue weighted by atomic mass is 32.1. The average molecular weight is 633 g/mol. The van der Waals surface area contributed by atoms with E-state index >= 15 is 0 Å². The van der Waals surface area contributed by atoms with E-state index < -0.39 is 0 Å². The minimum atomic E-state index is 0.813. The molecule has 0 radical (unpaired) electrons. The Labute approximate surface area is 282 Å². The normalized spacial score (nSPS) is 12.3. The van der Waals surface area contributed by atoms with Gasteiger partial charge in [0, 0.05) is 42.7 Å². The third kappa shape index (κ3) is 4.20. The molecule has 1 aliphatic heterocycles. The molecule has 0 saturated carbocycles. The van der Waals surface area contributed by atoms with E-state index in [1.165, 1.54) is 41.7 Å². The molecule has 0 fully saturated rings. The van der Waals surface area contributed by atoms with Gasteiger partial charge in [-0.2, -0.15) is 0 Å². The summed E-state index contributed by atoms with van der Waals surface area (Å²) in [6, 6.07) is 60.7. The SMILES string of the molecule is c1ccc2c(c1)Oc1cc(N(c3cccc4ccccc34)c3cccc4ccccc34)ccc1N2c1ccc2c(c1)sc1ccccc12. The highest BCUT2D eigenvalue weighted by Gasteiger charge is 2.28. The van der Waals surface area contributed by atoms with Crippen LogP contribution >= 0.6 is 11.3 Å². The largest absolute Gasteiger partial charge is 0.453 e.